The number of nitrogens with zero attached hydrogens (tertiary/aromatic N) is 1. The first kappa shape index (κ1) is 14.9. The van der Waals surface area contributed by atoms with E-state index >= 15 is 0 Å². The number of aliphatic carboxylic acids is 2. The Morgan fingerprint density at radius 3 is 2.65 bits per heavy atom. The van der Waals surface area contributed by atoms with Crippen molar-refractivity contribution in [3.8, 4) is 0 Å². The van der Waals surface area contributed by atoms with E-state index in [1.54, 1.807) is 0 Å². The molecule has 20 heavy (non-hydrogen) atoms. The molecule has 1 amide bonds. The molecule has 1 fully saturated rings. The van der Waals surface area contributed by atoms with Crippen molar-refractivity contribution in [2.45, 2.75) is 31.8 Å². The highest BCUT2D eigenvalue weighted by atomic mass is 32.2. The summed E-state index contributed by atoms with van der Waals surface area (Å²) in [5, 5.41) is 18.0. The summed E-state index contributed by atoms with van der Waals surface area (Å²) in [5.74, 6) is -2.48. The van der Waals surface area contributed by atoms with E-state index in [4.69, 9.17) is 10.8 Å². The van der Waals surface area contributed by atoms with Gasteiger partial charge in [0.15, 0.2) is 0 Å². The maximum Gasteiger partial charge on any atom is 0.353 e. The first-order chi connectivity index (χ1) is 9.38. The summed E-state index contributed by atoms with van der Waals surface area (Å²) in [5.41, 5.74) is 5.40. The molecule has 8 heteroatoms. The summed E-state index contributed by atoms with van der Waals surface area (Å²) in [6, 6.07) is -1.14. The fourth-order valence-corrected chi connectivity index (χ4v) is 3.73. The van der Waals surface area contributed by atoms with Crippen LogP contribution in [0.1, 0.15) is 19.8 Å². The Kier molecular flexibility index (Phi) is 4.05. The Balaban J connectivity index is 2.13. The van der Waals surface area contributed by atoms with Gasteiger partial charge in [-0.2, -0.15) is 0 Å². The van der Waals surface area contributed by atoms with Crippen molar-refractivity contribution in [3.63, 3.8) is 0 Å². The minimum atomic E-state index is -1.15. The quantitative estimate of drug-likeness (QED) is 0.593. The first-order valence-corrected chi connectivity index (χ1v) is 7.27. The van der Waals surface area contributed by atoms with Gasteiger partial charge >= 0.3 is 11.9 Å². The van der Waals surface area contributed by atoms with Crippen molar-refractivity contribution in [2.24, 2.45) is 11.7 Å². The molecule has 2 rings (SSSR count). The highest BCUT2D eigenvalue weighted by molar-refractivity contribution is 8.03. The molecule has 0 aromatic rings. The second kappa shape index (κ2) is 5.45. The second-order valence-corrected chi connectivity index (χ2v) is 5.94. The number of hydrogen-bond acceptors (Lipinski definition) is 5. The molecule has 0 bridgehead atoms. The molecular weight excluding hydrogens is 284 g/mol. The Hall–Kier alpha value is -1.54. The van der Waals surface area contributed by atoms with E-state index in [-0.39, 0.29) is 29.3 Å². The molecule has 110 valence electrons. The van der Waals surface area contributed by atoms with Crippen LogP contribution >= 0.6 is 11.8 Å². The number of thioether (sulfide) groups is 1. The average Bonchev–Trinajstić information content (AvgIpc) is 2.71. The average molecular weight is 300 g/mol. The normalized spacial score (nSPS) is 26.3. The van der Waals surface area contributed by atoms with Crippen LogP contribution in [0.15, 0.2) is 10.6 Å². The Bertz CT molecular complexity index is 504. The van der Waals surface area contributed by atoms with Gasteiger partial charge in [-0.05, 0) is 6.42 Å². The number of fused-ring (bicyclic) bond motifs is 1. The van der Waals surface area contributed by atoms with Gasteiger partial charge in [0.1, 0.15) is 11.7 Å². The lowest BCUT2D eigenvalue weighted by Crippen LogP contribution is -2.58. The van der Waals surface area contributed by atoms with Crippen molar-refractivity contribution < 1.29 is 24.6 Å². The van der Waals surface area contributed by atoms with Gasteiger partial charge in [0.2, 0.25) is 5.91 Å². The third-order valence-corrected chi connectivity index (χ3v) is 4.88. The van der Waals surface area contributed by atoms with E-state index in [0.29, 0.717) is 17.7 Å². The number of amides is 1. The zero-order valence-electron chi connectivity index (χ0n) is 10.9. The van der Waals surface area contributed by atoms with Crippen molar-refractivity contribution in [1.29, 1.82) is 0 Å². The minimum Gasteiger partial charge on any atom is -0.480 e. The molecular formula is C12H16N2O5S. The van der Waals surface area contributed by atoms with Crippen molar-refractivity contribution >= 4 is 29.6 Å². The molecule has 0 saturated carbocycles. The van der Waals surface area contributed by atoms with Crippen molar-refractivity contribution in [1.82, 2.24) is 4.90 Å². The number of carbonyl (C=O) groups is 3. The fourth-order valence-electron chi connectivity index (χ4n) is 2.59. The van der Waals surface area contributed by atoms with Crippen LogP contribution in [0.2, 0.25) is 0 Å². The van der Waals surface area contributed by atoms with Crippen LogP contribution in [-0.4, -0.2) is 50.8 Å². The van der Waals surface area contributed by atoms with Crippen LogP contribution in [0, 0.1) is 5.92 Å². The lowest BCUT2D eigenvalue weighted by atomic mass is 9.85. The monoisotopic (exact) mass is 300 g/mol. The predicted molar refractivity (Wildman–Crippen MR) is 71.8 cm³/mol. The Morgan fingerprint density at radius 2 is 2.15 bits per heavy atom. The molecule has 1 saturated heterocycles. The number of hydrogen-bond donors (Lipinski definition) is 3. The first-order valence-electron chi connectivity index (χ1n) is 6.29. The molecule has 3 atom stereocenters. The highest BCUT2D eigenvalue weighted by Gasteiger charge is 2.54. The highest BCUT2D eigenvalue weighted by Crippen LogP contribution is 2.46. The summed E-state index contributed by atoms with van der Waals surface area (Å²) in [7, 11) is 0. The molecule has 0 radical (unpaired) electrons. The van der Waals surface area contributed by atoms with Crippen molar-refractivity contribution in [3.05, 3.63) is 10.6 Å². The number of rotatable bonds is 6. The largest absolute Gasteiger partial charge is 0.480 e. The lowest BCUT2D eigenvalue weighted by Gasteiger charge is -2.42. The maximum absolute atomic E-state index is 11.9. The second-order valence-electron chi connectivity index (χ2n) is 4.83. The van der Waals surface area contributed by atoms with Crippen molar-refractivity contribution in [2.75, 3.05) is 5.75 Å². The van der Waals surface area contributed by atoms with E-state index in [1.807, 2.05) is 6.92 Å². The maximum atomic E-state index is 11.9. The van der Waals surface area contributed by atoms with Crippen LogP contribution in [0.5, 0.6) is 0 Å². The zero-order valence-corrected chi connectivity index (χ0v) is 11.7. The molecule has 7 nitrogen and oxygen atoms in total. The molecule has 2 aliphatic heterocycles. The van der Waals surface area contributed by atoms with E-state index in [0.717, 1.165) is 11.8 Å². The van der Waals surface area contributed by atoms with Gasteiger partial charge in [0.05, 0.1) is 12.0 Å². The summed E-state index contributed by atoms with van der Waals surface area (Å²) < 4.78 is 0. The van der Waals surface area contributed by atoms with Crippen LogP contribution in [0.3, 0.4) is 0 Å². The fraction of sp³-hybridized carbons (Fsp3) is 0.583. The summed E-state index contributed by atoms with van der Waals surface area (Å²) >= 11 is 1.12. The zero-order chi connectivity index (χ0) is 15.0. The van der Waals surface area contributed by atoms with Gasteiger partial charge in [0.25, 0.3) is 0 Å². The summed E-state index contributed by atoms with van der Waals surface area (Å²) in [4.78, 5) is 35.7. The summed E-state index contributed by atoms with van der Waals surface area (Å²) in [6.45, 7) is 1.89. The Labute approximate surface area is 119 Å². The predicted octanol–water partition coefficient (Wildman–Crippen LogP) is 0.0684. The number of carboxylic acid groups (broad SMARTS) is 2. The minimum absolute atomic E-state index is 0.00714. The Morgan fingerprint density at radius 1 is 1.50 bits per heavy atom. The van der Waals surface area contributed by atoms with E-state index in [2.05, 4.69) is 0 Å². The molecule has 4 N–H and O–H groups in total. The van der Waals surface area contributed by atoms with Crippen LogP contribution in [0.25, 0.3) is 0 Å². The standard InChI is InChI=1S/C12H16N2O5S/c1-2-5-7-3-8(20-4-6(13)11(16)17)9(12(18)19)14(7)10(5)15/h5-7H,2-4,13H2,1H3,(H,16,17)(H,18,19)/t5-,6+,7-/m1/s1. The van der Waals surface area contributed by atoms with E-state index in [1.165, 1.54) is 4.90 Å². The van der Waals surface area contributed by atoms with Gasteiger partial charge < -0.3 is 20.8 Å². The number of carboxylic acids is 2. The van der Waals surface area contributed by atoms with Gasteiger partial charge in [-0.3, -0.25) is 9.59 Å². The molecule has 0 aliphatic carbocycles. The van der Waals surface area contributed by atoms with Gasteiger partial charge in [-0.25, -0.2) is 4.79 Å². The number of β-lactam (4-membered cyclic amide) rings is 1. The molecule has 2 heterocycles. The van der Waals surface area contributed by atoms with Crippen LogP contribution in [0.4, 0.5) is 0 Å². The third kappa shape index (κ3) is 2.29. The molecule has 0 aromatic carbocycles. The molecule has 2 aliphatic rings. The van der Waals surface area contributed by atoms with Gasteiger partial charge in [-0.1, -0.05) is 6.92 Å². The molecule has 0 unspecified atom stereocenters. The smallest absolute Gasteiger partial charge is 0.353 e. The van der Waals surface area contributed by atoms with Gasteiger partial charge in [0, 0.05) is 17.1 Å². The lowest BCUT2D eigenvalue weighted by molar-refractivity contribution is -0.155. The van der Waals surface area contributed by atoms with Crippen LogP contribution in [-0.2, 0) is 14.4 Å². The third-order valence-electron chi connectivity index (χ3n) is 3.65. The molecule has 0 aromatic heterocycles. The number of carbonyl (C=O) groups excluding carboxylic acids is 1. The topological polar surface area (TPSA) is 121 Å². The van der Waals surface area contributed by atoms with Crippen LogP contribution < -0.4 is 5.73 Å². The van der Waals surface area contributed by atoms with Gasteiger partial charge in [-0.15, -0.1) is 11.8 Å². The van der Waals surface area contributed by atoms with E-state index < -0.39 is 18.0 Å². The summed E-state index contributed by atoms with van der Waals surface area (Å²) in [6.07, 6.45) is 1.16. The van der Waals surface area contributed by atoms with E-state index in [9.17, 15) is 19.5 Å². The SMILES string of the molecule is CC[C@H]1C(=O)N2C(C(=O)O)=C(SC[C@H](N)C(=O)O)C[C@H]12. The number of nitrogens with two attached hydrogens (primary N) is 1. The molecule has 0 spiro atoms.